The van der Waals surface area contributed by atoms with Gasteiger partial charge in [-0.25, -0.2) is 4.39 Å². The predicted molar refractivity (Wildman–Crippen MR) is 87.9 cm³/mol. The molecule has 0 aliphatic carbocycles. The molecule has 21 heavy (non-hydrogen) atoms. The van der Waals surface area contributed by atoms with Crippen molar-refractivity contribution in [3.8, 4) is 0 Å². The van der Waals surface area contributed by atoms with Crippen LogP contribution in [0.3, 0.4) is 0 Å². The molecular formula is C19H14BrF. The molecule has 0 heterocycles. The molecule has 0 spiro atoms. The summed E-state index contributed by atoms with van der Waals surface area (Å²) >= 11 is 3.39. The van der Waals surface area contributed by atoms with Crippen LogP contribution in [0.4, 0.5) is 4.39 Å². The molecule has 0 N–H and O–H groups in total. The summed E-state index contributed by atoms with van der Waals surface area (Å²) in [6, 6.07) is 25.4. The van der Waals surface area contributed by atoms with Crippen molar-refractivity contribution in [2.45, 2.75) is 5.92 Å². The lowest BCUT2D eigenvalue weighted by Gasteiger charge is -2.19. The van der Waals surface area contributed by atoms with Crippen LogP contribution in [0.5, 0.6) is 0 Å². The van der Waals surface area contributed by atoms with E-state index in [1.807, 2.05) is 42.5 Å². The third kappa shape index (κ3) is 3.22. The average molecular weight is 341 g/mol. The van der Waals surface area contributed by atoms with Gasteiger partial charge in [-0.15, -0.1) is 0 Å². The van der Waals surface area contributed by atoms with Gasteiger partial charge in [0.1, 0.15) is 5.82 Å². The third-order valence-electron chi connectivity index (χ3n) is 3.48. The maximum absolute atomic E-state index is 13.8. The molecule has 3 aromatic carbocycles. The van der Waals surface area contributed by atoms with Crippen molar-refractivity contribution in [3.05, 3.63) is 106 Å². The predicted octanol–water partition coefficient (Wildman–Crippen LogP) is 5.77. The smallest absolute Gasteiger partial charge is 0.124 e. The number of halogens is 2. The quantitative estimate of drug-likeness (QED) is 0.531. The number of benzene rings is 3. The molecule has 0 fully saturated rings. The van der Waals surface area contributed by atoms with E-state index in [2.05, 4.69) is 40.2 Å². The first-order valence-electron chi connectivity index (χ1n) is 6.80. The molecule has 3 aromatic rings. The van der Waals surface area contributed by atoms with Crippen molar-refractivity contribution in [3.63, 3.8) is 0 Å². The summed E-state index contributed by atoms with van der Waals surface area (Å²) in [5, 5.41) is 0. The lowest BCUT2D eigenvalue weighted by atomic mass is 9.85. The zero-order valence-corrected chi connectivity index (χ0v) is 12.9. The van der Waals surface area contributed by atoms with E-state index in [0.29, 0.717) is 0 Å². The van der Waals surface area contributed by atoms with Crippen molar-refractivity contribution in [1.29, 1.82) is 0 Å². The molecule has 0 unspecified atom stereocenters. The highest BCUT2D eigenvalue weighted by molar-refractivity contribution is 9.10. The molecule has 0 saturated heterocycles. The molecule has 0 radical (unpaired) electrons. The summed E-state index contributed by atoms with van der Waals surface area (Å²) in [6.45, 7) is 0. The van der Waals surface area contributed by atoms with Gasteiger partial charge in [0.25, 0.3) is 0 Å². The fraction of sp³-hybridized carbons (Fsp3) is 0.0526. The summed E-state index contributed by atoms with van der Waals surface area (Å²) in [4.78, 5) is 0. The van der Waals surface area contributed by atoms with Gasteiger partial charge in [-0.05, 0) is 34.9 Å². The van der Waals surface area contributed by atoms with Gasteiger partial charge in [-0.1, -0.05) is 76.6 Å². The Hall–Kier alpha value is -1.93. The van der Waals surface area contributed by atoms with E-state index < -0.39 is 0 Å². The van der Waals surface area contributed by atoms with Gasteiger partial charge in [0.15, 0.2) is 0 Å². The van der Waals surface area contributed by atoms with Crippen LogP contribution in [0.25, 0.3) is 0 Å². The first kappa shape index (κ1) is 14.0. The average Bonchev–Trinajstić information content (AvgIpc) is 2.49. The van der Waals surface area contributed by atoms with Crippen LogP contribution in [-0.2, 0) is 0 Å². The number of hydrogen-bond acceptors (Lipinski definition) is 0. The van der Waals surface area contributed by atoms with Crippen molar-refractivity contribution >= 4 is 15.9 Å². The normalized spacial score (nSPS) is 10.8. The molecule has 2 heteroatoms. The largest absolute Gasteiger partial charge is 0.207 e. The fourth-order valence-corrected chi connectivity index (χ4v) is 3.09. The maximum atomic E-state index is 13.8. The van der Waals surface area contributed by atoms with Crippen LogP contribution in [0, 0.1) is 5.82 Å². The highest BCUT2D eigenvalue weighted by Gasteiger charge is 2.17. The van der Waals surface area contributed by atoms with E-state index in [4.69, 9.17) is 0 Å². The summed E-state index contributed by atoms with van der Waals surface area (Å²) in [6.07, 6.45) is 0. The lowest BCUT2D eigenvalue weighted by Crippen LogP contribution is -2.03. The van der Waals surface area contributed by atoms with Gasteiger partial charge in [0.05, 0.1) is 0 Å². The van der Waals surface area contributed by atoms with Crippen LogP contribution in [0.1, 0.15) is 22.6 Å². The zero-order chi connectivity index (χ0) is 14.7. The minimum absolute atomic E-state index is 0.0272. The molecule has 0 aromatic heterocycles. The van der Waals surface area contributed by atoms with Crippen LogP contribution < -0.4 is 0 Å². The monoisotopic (exact) mass is 340 g/mol. The molecule has 0 aliphatic heterocycles. The first-order valence-corrected chi connectivity index (χ1v) is 7.59. The Morgan fingerprint density at radius 2 is 1.19 bits per heavy atom. The van der Waals surface area contributed by atoms with E-state index in [0.717, 1.165) is 21.2 Å². The van der Waals surface area contributed by atoms with Gasteiger partial charge in [-0.2, -0.15) is 0 Å². The second kappa shape index (κ2) is 6.23. The summed E-state index contributed by atoms with van der Waals surface area (Å²) in [5.41, 5.74) is 3.25. The zero-order valence-electron chi connectivity index (χ0n) is 11.3. The Labute approximate surface area is 132 Å². The molecule has 0 atom stereocenters. The van der Waals surface area contributed by atoms with Crippen LogP contribution in [0.15, 0.2) is 83.3 Å². The molecular weight excluding hydrogens is 327 g/mol. The van der Waals surface area contributed by atoms with E-state index in [1.54, 1.807) is 6.07 Å². The molecule has 0 amide bonds. The van der Waals surface area contributed by atoms with Crippen LogP contribution in [0.2, 0.25) is 0 Å². The highest BCUT2D eigenvalue weighted by atomic mass is 79.9. The van der Waals surface area contributed by atoms with Gasteiger partial charge in [-0.3, -0.25) is 0 Å². The Morgan fingerprint density at radius 3 is 1.67 bits per heavy atom. The van der Waals surface area contributed by atoms with Gasteiger partial charge in [0.2, 0.25) is 0 Å². The van der Waals surface area contributed by atoms with Gasteiger partial charge < -0.3 is 0 Å². The number of rotatable bonds is 3. The third-order valence-corrected chi connectivity index (χ3v) is 3.94. The first-order chi connectivity index (χ1) is 10.2. The molecule has 0 saturated carbocycles. The Bertz CT molecular complexity index is 663. The molecule has 0 nitrogen and oxygen atoms in total. The van der Waals surface area contributed by atoms with Gasteiger partial charge in [0, 0.05) is 10.4 Å². The van der Waals surface area contributed by atoms with E-state index in [9.17, 15) is 4.39 Å². The minimum atomic E-state index is -0.226. The van der Waals surface area contributed by atoms with Crippen LogP contribution >= 0.6 is 15.9 Å². The van der Waals surface area contributed by atoms with Crippen molar-refractivity contribution in [2.24, 2.45) is 0 Å². The fourth-order valence-electron chi connectivity index (χ4n) is 2.61. The maximum Gasteiger partial charge on any atom is 0.124 e. The number of hydrogen-bond donors (Lipinski definition) is 0. The highest BCUT2D eigenvalue weighted by Crippen LogP contribution is 2.33. The molecule has 3 rings (SSSR count). The van der Waals surface area contributed by atoms with E-state index in [-0.39, 0.29) is 11.7 Å². The second-order valence-corrected chi connectivity index (χ2v) is 5.87. The van der Waals surface area contributed by atoms with E-state index in [1.165, 1.54) is 6.07 Å². The minimum Gasteiger partial charge on any atom is -0.207 e. The summed E-state index contributed by atoms with van der Waals surface area (Å²) in [5.74, 6) is -0.198. The van der Waals surface area contributed by atoms with Crippen molar-refractivity contribution in [2.75, 3.05) is 0 Å². The Morgan fingerprint density at radius 1 is 0.667 bits per heavy atom. The van der Waals surface area contributed by atoms with E-state index >= 15 is 0 Å². The van der Waals surface area contributed by atoms with Crippen molar-refractivity contribution < 1.29 is 4.39 Å². The Balaban J connectivity index is 2.17. The molecule has 0 bridgehead atoms. The van der Waals surface area contributed by atoms with Crippen molar-refractivity contribution in [1.82, 2.24) is 0 Å². The van der Waals surface area contributed by atoms with Gasteiger partial charge >= 0.3 is 0 Å². The SMILES string of the molecule is Fc1cc(Br)cc(C(c2ccccc2)c2ccccc2)c1. The molecule has 0 aliphatic rings. The summed E-state index contributed by atoms with van der Waals surface area (Å²) < 4.78 is 14.5. The second-order valence-electron chi connectivity index (χ2n) is 4.96. The topological polar surface area (TPSA) is 0 Å². The molecule has 104 valence electrons. The lowest BCUT2D eigenvalue weighted by molar-refractivity contribution is 0.624. The summed E-state index contributed by atoms with van der Waals surface area (Å²) in [7, 11) is 0. The van der Waals surface area contributed by atoms with Crippen LogP contribution in [-0.4, -0.2) is 0 Å². The Kier molecular flexibility index (Phi) is 4.16. The standard InChI is InChI=1S/C19H14BrF/c20-17-11-16(12-18(21)13-17)19(14-7-3-1-4-8-14)15-9-5-2-6-10-15/h1-13,19H.